The Balaban J connectivity index is 1.44. The van der Waals surface area contributed by atoms with E-state index < -0.39 is 0 Å². The zero-order valence-electron chi connectivity index (χ0n) is 25.3. The van der Waals surface area contributed by atoms with Crippen LogP contribution in [0.5, 0.6) is 5.75 Å². The zero-order chi connectivity index (χ0) is 30.4. The van der Waals surface area contributed by atoms with Gasteiger partial charge in [-0.15, -0.1) is 0 Å². The third kappa shape index (κ3) is 4.68. The lowest BCUT2D eigenvalue weighted by atomic mass is 9.73. The van der Waals surface area contributed by atoms with E-state index in [1.165, 1.54) is 16.7 Å². The molecule has 0 aliphatic carbocycles. The molecular weight excluding hydrogens is 538 g/mol. The molecule has 1 aliphatic heterocycles. The van der Waals surface area contributed by atoms with Gasteiger partial charge in [-0.05, 0) is 71.1 Å². The second-order valence-corrected chi connectivity index (χ2v) is 12.2. The Morgan fingerprint density at radius 3 is 2.34 bits per heavy atom. The first-order valence-corrected chi connectivity index (χ1v) is 15.0. The number of phenolic OH excluding ortho intramolecular Hbond substituents is 1. The number of nitrogens with zero attached hydrogens (tertiary/aromatic N) is 3. The molecular formula is C40H33N3O. The van der Waals surface area contributed by atoms with Gasteiger partial charge in [0.2, 0.25) is 0 Å². The predicted octanol–water partition coefficient (Wildman–Crippen LogP) is 9.63. The van der Waals surface area contributed by atoms with Gasteiger partial charge in [0.1, 0.15) is 17.1 Å². The van der Waals surface area contributed by atoms with Crippen LogP contribution in [0.1, 0.15) is 61.4 Å². The summed E-state index contributed by atoms with van der Waals surface area (Å²) in [6.45, 7) is 8.97. The first-order chi connectivity index (χ1) is 21.3. The van der Waals surface area contributed by atoms with E-state index in [-0.39, 0.29) is 11.2 Å². The van der Waals surface area contributed by atoms with Crippen molar-refractivity contribution in [1.82, 2.24) is 9.97 Å². The van der Waals surface area contributed by atoms with E-state index in [9.17, 15) is 5.11 Å². The fourth-order valence-corrected chi connectivity index (χ4v) is 6.18. The predicted molar refractivity (Wildman–Crippen MR) is 180 cm³/mol. The van der Waals surface area contributed by atoms with E-state index in [2.05, 4.69) is 99.0 Å². The quantitative estimate of drug-likeness (QED) is 0.215. The first-order valence-electron chi connectivity index (χ1n) is 15.0. The van der Waals surface area contributed by atoms with Crippen molar-refractivity contribution in [2.75, 3.05) is 4.90 Å². The van der Waals surface area contributed by atoms with Gasteiger partial charge >= 0.3 is 0 Å². The maximum atomic E-state index is 10.9. The Morgan fingerprint density at radius 2 is 1.52 bits per heavy atom. The smallest absolute Gasteiger partial charge is 0.141 e. The molecule has 1 aliphatic rings. The number of hydrogen-bond acceptors (Lipinski definition) is 4. The zero-order valence-corrected chi connectivity index (χ0v) is 25.3. The van der Waals surface area contributed by atoms with Crippen LogP contribution < -0.4 is 4.90 Å². The Kier molecular flexibility index (Phi) is 6.67. The van der Waals surface area contributed by atoms with Crippen LogP contribution in [-0.4, -0.2) is 15.1 Å². The summed E-state index contributed by atoms with van der Waals surface area (Å²) in [6.07, 6.45) is 1.90. The van der Waals surface area contributed by atoms with Crippen molar-refractivity contribution < 1.29 is 5.11 Å². The van der Waals surface area contributed by atoms with Crippen molar-refractivity contribution in [3.63, 3.8) is 0 Å². The third-order valence-corrected chi connectivity index (χ3v) is 8.62. The topological polar surface area (TPSA) is 49.2 Å². The van der Waals surface area contributed by atoms with Crippen LogP contribution in [-0.2, 0) is 5.41 Å². The van der Waals surface area contributed by atoms with E-state index in [1.807, 2.05) is 54.7 Å². The van der Waals surface area contributed by atoms with Crippen LogP contribution >= 0.6 is 0 Å². The lowest BCUT2D eigenvalue weighted by molar-refractivity contribution is 0.480. The van der Waals surface area contributed by atoms with Crippen LogP contribution in [0.15, 0.2) is 115 Å². The van der Waals surface area contributed by atoms with E-state index in [0.29, 0.717) is 11.4 Å². The molecule has 0 saturated heterocycles. The highest BCUT2D eigenvalue weighted by atomic mass is 16.3. The summed E-state index contributed by atoms with van der Waals surface area (Å²) in [5, 5.41) is 11.7. The molecule has 0 saturated carbocycles. The van der Waals surface area contributed by atoms with Crippen LogP contribution in [0.25, 0.3) is 22.2 Å². The molecule has 0 spiro atoms. The van der Waals surface area contributed by atoms with Gasteiger partial charge in [0.05, 0.1) is 17.1 Å². The van der Waals surface area contributed by atoms with Crippen molar-refractivity contribution in [3.8, 4) is 28.8 Å². The average Bonchev–Trinajstić information content (AvgIpc) is 3.04. The van der Waals surface area contributed by atoms with Crippen LogP contribution in [0, 0.1) is 11.8 Å². The summed E-state index contributed by atoms with van der Waals surface area (Å²) in [5.74, 6) is 8.05. The Labute approximate surface area is 258 Å². The normalized spacial score (nSPS) is 13.2. The molecule has 0 radical (unpaired) electrons. The Bertz CT molecular complexity index is 2100. The van der Waals surface area contributed by atoms with Crippen molar-refractivity contribution in [1.29, 1.82) is 0 Å². The second kappa shape index (κ2) is 10.7. The first kappa shape index (κ1) is 27.4. The summed E-state index contributed by atoms with van der Waals surface area (Å²) in [4.78, 5) is 12.1. The lowest BCUT2D eigenvalue weighted by Gasteiger charge is -2.41. The number of pyridine rings is 2. The van der Waals surface area contributed by atoms with Crippen molar-refractivity contribution >= 4 is 28.1 Å². The van der Waals surface area contributed by atoms with Crippen molar-refractivity contribution in [3.05, 3.63) is 143 Å². The molecule has 2 aromatic heterocycles. The highest BCUT2D eigenvalue weighted by Gasteiger charge is 2.37. The number of aromatic nitrogens is 2. The van der Waals surface area contributed by atoms with Gasteiger partial charge < -0.3 is 5.11 Å². The van der Waals surface area contributed by atoms with Gasteiger partial charge in [0, 0.05) is 33.7 Å². The Morgan fingerprint density at radius 1 is 0.750 bits per heavy atom. The van der Waals surface area contributed by atoms with Crippen LogP contribution in [0.4, 0.5) is 17.2 Å². The van der Waals surface area contributed by atoms with E-state index >= 15 is 0 Å². The van der Waals surface area contributed by atoms with E-state index in [4.69, 9.17) is 9.97 Å². The van der Waals surface area contributed by atoms with E-state index in [1.54, 1.807) is 6.07 Å². The summed E-state index contributed by atoms with van der Waals surface area (Å²) in [7, 11) is 0. The fourth-order valence-electron chi connectivity index (χ4n) is 6.18. The van der Waals surface area contributed by atoms with Gasteiger partial charge in [0.15, 0.2) is 0 Å². The minimum Gasteiger partial charge on any atom is -0.506 e. The number of fused-ring (bicyclic) bond motifs is 3. The van der Waals surface area contributed by atoms with E-state index in [0.717, 1.165) is 45.0 Å². The highest BCUT2D eigenvalue weighted by Crippen LogP contribution is 2.52. The molecule has 44 heavy (non-hydrogen) atoms. The van der Waals surface area contributed by atoms with Crippen LogP contribution in [0.3, 0.4) is 0 Å². The van der Waals surface area contributed by atoms with Crippen molar-refractivity contribution in [2.45, 2.75) is 39.0 Å². The number of benzene rings is 4. The molecule has 4 aromatic carbocycles. The second-order valence-electron chi connectivity index (χ2n) is 12.2. The number of phenols is 1. The molecule has 1 N–H and O–H groups in total. The molecule has 0 fully saturated rings. The molecule has 0 unspecified atom stereocenters. The molecule has 0 bridgehead atoms. The summed E-state index contributed by atoms with van der Waals surface area (Å²) >= 11 is 0. The van der Waals surface area contributed by atoms with Crippen LogP contribution in [0.2, 0.25) is 0 Å². The minimum atomic E-state index is -0.224. The number of hydrogen-bond donors (Lipinski definition) is 1. The molecule has 4 heteroatoms. The molecule has 0 amide bonds. The molecule has 6 aromatic rings. The standard InChI is InChI=1S/C40H33N3O/c1-26(2)28-21-22-41-38(25-28)43-35-15-9-8-14-32(35)40(3,4)33-20-19-30(24-36(33)43)34-23-29(18-17-27-11-6-5-7-12-27)31-13-10-16-37(44)39(31)42-34/h5-16,19-26,44H,1-4H3. The monoisotopic (exact) mass is 571 g/mol. The number of aromatic hydroxyl groups is 1. The molecule has 0 atom stereocenters. The molecule has 7 rings (SSSR count). The molecule has 214 valence electrons. The summed E-state index contributed by atoms with van der Waals surface area (Å²) in [5.41, 5.74) is 9.64. The minimum absolute atomic E-state index is 0.136. The van der Waals surface area contributed by atoms with Gasteiger partial charge in [0.25, 0.3) is 0 Å². The number of para-hydroxylation sites is 2. The lowest BCUT2D eigenvalue weighted by Crippen LogP contribution is -2.31. The third-order valence-electron chi connectivity index (χ3n) is 8.62. The van der Waals surface area contributed by atoms with Gasteiger partial charge in [-0.1, -0.05) is 100 Å². The van der Waals surface area contributed by atoms with Crippen molar-refractivity contribution in [2.24, 2.45) is 0 Å². The van der Waals surface area contributed by atoms with Gasteiger partial charge in [-0.2, -0.15) is 0 Å². The highest BCUT2D eigenvalue weighted by molar-refractivity contribution is 5.93. The average molecular weight is 572 g/mol. The number of anilines is 3. The number of rotatable bonds is 3. The summed E-state index contributed by atoms with van der Waals surface area (Å²) < 4.78 is 0. The molecule has 4 nitrogen and oxygen atoms in total. The maximum absolute atomic E-state index is 10.9. The Hall–Kier alpha value is -5.40. The van der Waals surface area contributed by atoms with Gasteiger partial charge in [-0.3, -0.25) is 4.90 Å². The summed E-state index contributed by atoms with van der Waals surface area (Å²) in [6, 6.07) is 36.9. The van der Waals surface area contributed by atoms with Gasteiger partial charge in [-0.25, -0.2) is 9.97 Å². The maximum Gasteiger partial charge on any atom is 0.141 e. The SMILES string of the molecule is CC(C)c1ccnc(N2c3ccccc3C(C)(C)c3ccc(-c4cc(C#Cc5ccccc5)c5cccc(O)c5n4)cc32)c1. The fraction of sp³-hybridized carbons (Fsp3) is 0.150. The molecule has 3 heterocycles. The largest absolute Gasteiger partial charge is 0.506 e.